The van der Waals surface area contributed by atoms with E-state index < -0.39 is 16.1 Å². The van der Waals surface area contributed by atoms with Gasteiger partial charge in [-0.15, -0.1) is 0 Å². The molecule has 0 bridgehead atoms. The number of nitrogens with zero attached hydrogens (tertiary/aromatic N) is 1. The molecule has 0 spiro atoms. The van der Waals surface area contributed by atoms with Gasteiger partial charge in [-0.1, -0.05) is 42.0 Å². The van der Waals surface area contributed by atoms with Gasteiger partial charge in [-0.2, -0.15) is 4.31 Å². The largest absolute Gasteiger partial charge is 0.353 e. The molecule has 1 saturated heterocycles. The zero-order chi connectivity index (χ0) is 18.2. The van der Waals surface area contributed by atoms with E-state index in [9.17, 15) is 13.2 Å². The second-order valence-corrected chi connectivity index (χ2v) is 8.29. The number of carbonyl (C=O) groups is 1. The predicted molar refractivity (Wildman–Crippen MR) is 96.7 cm³/mol. The molecule has 1 fully saturated rings. The van der Waals surface area contributed by atoms with E-state index in [0.29, 0.717) is 17.7 Å². The van der Waals surface area contributed by atoms with Crippen LogP contribution in [-0.4, -0.2) is 31.7 Å². The first-order chi connectivity index (χ1) is 11.8. The maximum atomic E-state index is 13.3. The highest BCUT2D eigenvalue weighted by Crippen LogP contribution is 2.32. The van der Waals surface area contributed by atoms with Crippen molar-refractivity contribution in [2.75, 3.05) is 13.1 Å². The van der Waals surface area contributed by atoms with Gasteiger partial charge in [0.2, 0.25) is 15.9 Å². The fraction of sp³-hybridized carbons (Fsp3) is 0.316. The molecule has 0 aromatic heterocycles. The number of piperazine rings is 1. The summed E-state index contributed by atoms with van der Waals surface area (Å²) in [6, 6.07) is 11.8. The molecule has 2 aromatic rings. The van der Waals surface area contributed by atoms with E-state index in [2.05, 4.69) is 5.32 Å². The summed E-state index contributed by atoms with van der Waals surface area (Å²) >= 11 is 0. The number of sulfonamides is 1. The second kappa shape index (κ2) is 6.61. The fourth-order valence-electron chi connectivity index (χ4n) is 3.31. The van der Waals surface area contributed by atoms with Gasteiger partial charge in [0.15, 0.2) is 0 Å². The fourth-order valence-corrected chi connectivity index (χ4v) is 5.09. The number of hydrogen-bond acceptors (Lipinski definition) is 3. The standard InChI is InChI=1S/C19H22N2O3S/c1-13-8-9-17(15(3)12-13)25(23,24)21-11-10-20-19(22)18(21)16-7-5-4-6-14(16)2/h4-9,12,18H,10-11H2,1-3H3,(H,20,22). The van der Waals surface area contributed by atoms with Crippen molar-refractivity contribution in [3.8, 4) is 0 Å². The summed E-state index contributed by atoms with van der Waals surface area (Å²) in [7, 11) is -3.78. The minimum Gasteiger partial charge on any atom is -0.353 e. The summed E-state index contributed by atoms with van der Waals surface area (Å²) in [4.78, 5) is 12.8. The molecular weight excluding hydrogens is 336 g/mol. The van der Waals surface area contributed by atoms with Crippen LogP contribution in [0.1, 0.15) is 28.3 Å². The van der Waals surface area contributed by atoms with Crippen LogP contribution in [0.2, 0.25) is 0 Å². The Bertz CT molecular complexity index is 922. The number of amides is 1. The monoisotopic (exact) mass is 358 g/mol. The van der Waals surface area contributed by atoms with E-state index in [1.165, 1.54) is 4.31 Å². The highest BCUT2D eigenvalue weighted by molar-refractivity contribution is 7.89. The zero-order valence-electron chi connectivity index (χ0n) is 14.6. The van der Waals surface area contributed by atoms with Crippen molar-refractivity contribution in [2.45, 2.75) is 31.7 Å². The lowest BCUT2D eigenvalue weighted by molar-refractivity contribution is -0.126. The van der Waals surface area contributed by atoms with Gasteiger partial charge in [-0.25, -0.2) is 8.42 Å². The van der Waals surface area contributed by atoms with Crippen LogP contribution in [0.5, 0.6) is 0 Å². The maximum Gasteiger partial charge on any atom is 0.244 e. The van der Waals surface area contributed by atoms with Crippen molar-refractivity contribution in [3.05, 3.63) is 64.7 Å². The second-order valence-electron chi connectivity index (χ2n) is 6.43. The summed E-state index contributed by atoms with van der Waals surface area (Å²) < 4.78 is 27.9. The minimum absolute atomic E-state index is 0.250. The number of aryl methyl sites for hydroxylation is 3. The van der Waals surface area contributed by atoms with E-state index in [-0.39, 0.29) is 17.3 Å². The number of hydrogen-bond donors (Lipinski definition) is 1. The first-order valence-electron chi connectivity index (χ1n) is 8.24. The first kappa shape index (κ1) is 17.6. The molecule has 1 amide bonds. The molecule has 132 valence electrons. The highest BCUT2D eigenvalue weighted by atomic mass is 32.2. The summed E-state index contributed by atoms with van der Waals surface area (Å²) in [5.74, 6) is -0.283. The molecule has 0 aliphatic carbocycles. The van der Waals surface area contributed by atoms with Gasteiger partial charge >= 0.3 is 0 Å². The molecule has 1 N–H and O–H groups in total. The summed E-state index contributed by atoms with van der Waals surface area (Å²) in [5, 5.41) is 2.79. The van der Waals surface area contributed by atoms with Gasteiger partial charge in [-0.3, -0.25) is 4.79 Å². The zero-order valence-corrected chi connectivity index (χ0v) is 15.4. The van der Waals surface area contributed by atoms with Crippen molar-refractivity contribution in [1.29, 1.82) is 0 Å². The third kappa shape index (κ3) is 3.19. The van der Waals surface area contributed by atoms with Crippen molar-refractivity contribution in [1.82, 2.24) is 9.62 Å². The average molecular weight is 358 g/mol. The molecule has 0 saturated carbocycles. The third-order valence-electron chi connectivity index (χ3n) is 4.57. The first-order valence-corrected chi connectivity index (χ1v) is 9.68. The third-order valence-corrected chi connectivity index (χ3v) is 6.59. The Morgan fingerprint density at radius 3 is 2.44 bits per heavy atom. The average Bonchev–Trinajstić information content (AvgIpc) is 2.55. The molecule has 1 aliphatic rings. The lowest BCUT2D eigenvalue weighted by Crippen LogP contribution is -2.52. The predicted octanol–water partition coefficient (Wildman–Crippen LogP) is 2.47. The van der Waals surface area contributed by atoms with Crippen molar-refractivity contribution >= 4 is 15.9 Å². The summed E-state index contributed by atoms with van der Waals surface area (Å²) in [5.41, 5.74) is 3.30. The molecule has 1 heterocycles. The van der Waals surface area contributed by atoms with Crippen LogP contribution in [0, 0.1) is 20.8 Å². The topological polar surface area (TPSA) is 66.5 Å². The molecule has 3 rings (SSSR count). The number of carbonyl (C=O) groups excluding carboxylic acids is 1. The van der Waals surface area contributed by atoms with Crippen molar-refractivity contribution < 1.29 is 13.2 Å². The molecule has 5 nitrogen and oxygen atoms in total. The Hall–Kier alpha value is -2.18. The van der Waals surface area contributed by atoms with E-state index in [0.717, 1.165) is 11.1 Å². The Labute approximate surface area is 148 Å². The Morgan fingerprint density at radius 1 is 1.04 bits per heavy atom. The van der Waals surface area contributed by atoms with E-state index in [1.807, 2.05) is 44.2 Å². The van der Waals surface area contributed by atoms with Gasteiger partial charge in [0.1, 0.15) is 6.04 Å². The molecule has 6 heteroatoms. The maximum absolute atomic E-state index is 13.3. The van der Waals surface area contributed by atoms with Crippen LogP contribution < -0.4 is 5.32 Å². The van der Waals surface area contributed by atoms with E-state index in [4.69, 9.17) is 0 Å². The lowest BCUT2D eigenvalue weighted by atomic mass is 9.99. The van der Waals surface area contributed by atoms with E-state index in [1.54, 1.807) is 19.1 Å². The van der Waals surface area contributed by atoms with Gasteiger partial charge < -0.3 is 5.32 Å². The molecule has 2 aromatic carbocycles. The molecule has 1 unspecified atom stereocenters. The van der Waals surface area contributed by atoms with Crippen molar-refractivity contribution in [2.24, 2.45) is 0 Å². The summed E-state index contributed by atoms with van der Waals surface area (Å²) in [6.45, 7) is 6.16. The van der Waals surface area contributed by atoms with Crippen molar-refractivity contribution in [3.63, 3.8) is 0 Å². The Balaban J connectivity index is 2.12. The molecule has 1 aliphatic heterocycles. The Kier molecular flexibility index (Phi) is 4.67. The highest BCUT2D eigenvalue weighted by Gasteiger charge is 2.40. The summed E-state index contributed by atoms with van der Waals surface area (Å²) in [6.07, 6.45) is 0. The molecule has 25 heavy (non-hydrogen) atoms. The molecule has 1 atom stereocenters. The van der Waals surface area contributed by atoms with Crippen LogP contribution in [0.25, 0.3) is 0 Å². The molecular formula is C19H22N2O3S. The van der Waals surface area contributed by atoms with Crippen LogP contribution in [0.4, 0.5) is 0 Å². The lowest BCUT2D eigenvalue weighted by Gasteiger charge is -2.35. The SMILES string of the molecule is Cc1ccc(S(=O)(=O)N2CCNC(=O)C2c2ccccc2C)c(C)c1. The van der Waals surface area contributed by atoms with Crippen LogP contribution in [0.3, 0.4) is 0 Å². The van der Waals surface area contributed by atoms with Crippen LogP contribution in [0.15, 0.2) is 47.4 Å². The van der Waals surface area contributed by atoms with Crippen LogP contribution in [-0.2, 0) is 14.8 Å². The van der Waals surface area contributed by atoms with Gasteiger partial charge in [0.05, 0.1) is 4.90 Å². The minimum atomic E-state index is -3.78. The van der Waals surface area contributed by atoms with E-state index >= 15 is 0 Å². The van der Waals surface area contributed by atoms with Gasteiger partial charge in [-0.05, 0) is 43.5 Å². The smallest absolute Gasteiger partial charge is 0.244 e. The van der Waals surface area contributed by atoms with Crippen LogP contribution >= 0.6 is 0 Å². The quantitative estimate of drug-likeness (QED) is 0.917. The normalized spacial score (nSPS) is 18.8. The molecule has 0 radical (unpaired) electrons. The van der Waals surface area contributed by atoms with Gasteiger partial charge in [0.25, 0.3) is 0 Å². The van der Waals surface area contributed by atoms with Gasteiger partial charge in [0, 0.05) is 13.1 Å². The number of rotatable bonds is 3. The number of benzene rings is 2. The number of nitrogens with one attached hydrogen (secondary N) is 1. The Morgan fingerprint density at radius 2 is 1.76 bits per heavy atom.